The second-order valence-electron chi connectivity index (χ2n) is 6.57. The summed E-state index contributed by atoms with van der Waals surface area (Å²) < 4.78 is 7.59. The molecule has 5 nitrogen and oxygen atoms in total. The fourth-order valence-corrected chi connectivity index (χ4v) is 3.95. The minimum Gasteiger partial charge on any atom is -0.376 e. The maximum Gasteiger partial charge on any atom is 0.233 e. The topological polar surface area (TPSA) is 56.2 Å². The minimum absolute atomic E-state index is 0.0236. The lowest BCUT2D eigenvalue weighted by Gasteiger charge is -2.15. The number of nitrogens with zero attached hydrogens (tertiary/aromatic N) is 2. The molecule has 0 spiro atoms. The Balaban J connectivity index is 1.64. The van der Waals surface area contributed by atoms with E-state index in [1.54, 1.807) is 6.20 Å². The molecule has 1 fully saturated rings. The number of carbonyl (C=O) groups excluding carboxylic acids is 1. The number of hydrogen-bond donors (Lipinski definition) is 1. The fraction of sp³-hybridized carbons (Fsp3) is 0.474. The van der Waals surface area contributed by atoms with Gasteiger partial charge in [0, 0.05) is 31.2 Å². The van der Waals surface area contributed by atoms with Crippen LogP contribution in [0.25, 0.3) is 5.69 Å². The Kier molecular flexibility index (Phi) is 5.81. The Morgan fingerprint density at radius 3 is 2.84 bits per heavy atom. The average Bonchev–Trinajstić information content (AvgIpc) is 3.23. The van der Waals surface area contributed by atoms with Gasteiger partial charge in [-0.3, -0.25) is 9.36 Å². The Morgan fingerprint density at radius 1 is 1.40 bits per heavy atom. The van der Waals surface area contributed by atoms with E-state index in [-0.39, 0.29) is 17.3 Å². The van der Waals surface area contributed by atoms with Crippen molar-refractivity contribution in [2.24, 2.45) is 0 Å². The molecule has 6 heteroatoms. The van der Waals surface area contributed by atoms with Gasteiger partial charge in [0.25, 0.3) is 0 Å². The molecule has 1 aliphatic rings. The number of imidazole rings is 1. The highest BCUT2D eigenvalue weighted by molar-refractivity contribution is 8.00. The van der Waals surface area contributed by atoms with Gasteiger partial charge in [-0.1, -0.05) is 17.8 Å². The lowest BCUT2D eigenvalue weighted by Crippen LogP contribution is -2.36. The normalized spacial score (nSPS) is 18.3. The summed E-state index contributed by atoms with van der Waals surface area (Å²) in [6, 6.07) is 6.40. The molecule has 3 rings (SSSR count). The SMILES string of the molecule is Cc1cc(C)cc(-n2ccnc2S[C@@H](C)C(=O)NC[C@@H]2CCCO2)c1. The molecule has 1 saturated heterocycles. The first-order valence-corrected chi connectivity index (χ1v) is 9.59. The van der Waals surface area contributed by atoms with Crippen LogP contribution in [-0.4, -0.2) is 40.0 Å². The molecule has 2 heterocycles. The van der Waals surface area contributed by atoms with Crippen LogP contribution in [0.2, 0.25) is 0 Å². The number of aromatic nitrogens is 2. The van der Waals surface area contributed by atoms with Gasteiger partial charge in [-0.25, -0.2) is 4.98 Å². The Morgan fingerprint density at radius 2 is 2.16 bits per heavy atom. The van der Waals surface area contributed by atoms with Crippen LogP contribution in [0.3, 0.4) is 0 Å². The van der Waals surface area contributed by atoms with Gasteiger partial charge in [-0.05, 0) is 56.9 Å². The highest BCUT2D eigenvalue weighted by atomic mass is 32.2. The molecule has 1 aromatic carbocycles. The third-order valence-electron chi connectivity index (χ3n) is 4.27. The van der Waals surface area contributed by atoms with Crippen molar-refractivity contribution >= 4 is 17.7 Å². The summed E-state index contributed by atoms with van der Waals surface area (Å²) in [4.78, 5) is 16.8. The third kappa shape index (κ3) is 4.64. The molecule has 0 radical (unpaired) electrons. The Labute approximate surface area is 153 Å². The largest absolute Gasteiger partial charge is 0.376 e. The van der Waals surface area contributed by atoms with Crippen LogP contribution in [-0.2, 0) is 9.53 Å². The van der Waals surface area contributed by atoms with Crippen LogP contribution in [0.5, 0.6) is 0 Å². The molecule has 0 bridgehead atoms. The van der Waals surface area contributed by atoms with E-state index in [2.05, 4.69) is 42.3 Å². The minimum atomic E-state index is -0.214. The third-order valence-corrected chi connectivity index (χ3v) is 5.35. The number of hydrogen-bond acceptors (Lipinski definition) is 4. The van der Waals surface area contributed by atoms with Gasteiger partial charge < -0.3 is 10.1 Å². The van der Waals surface area contributed by atoms with Crippen LogP contribution in [0, 0.1) is 13.8 Å². The summed E-state index contributed by atoms with van der Waals surface area (Å²) in [5.41, 5.74) is 3.49. The van der Waals surface area contributed by atoms with Crippen molar-refractivity contribution < 1.29 is 9.53 Å². The fourth-order valence-electron chi connectivity index (χ4n) is 3.04. The van der Waals surface area contributed by atoms with Crippen molar-refractivity contribution in [3.05, 3.63) is 41.7 Å². The Bertz CT molecular complexity index is 718. The van der Waals surface area contributed by atoms with Gasteiger partial charge in [-0.15, -0.1) is 0 Å². The summed E-state index contributed by atoms with van der Waals surface area (Å²) in [6.07, 6.45) is 5.99. The maximum absolute atomic E-state index is 12.4. The summed E-state index contributed by atoms with van der Waals surface area (Å²) in [7, 11) is 0. The molecular formula is C19H25N3O2S. The second-order valence-corrected chi connectivity index (χ2v) is 7.87. The van der Waals surface area contributed by atoms with Crippen molar-refractivity contribution in [3.8, 4) is 5.69 Å². The number of nitrogens with one attached hydrogen (secondary N) is 1. The van der Waals surface area contributed by atoms with E-state index in [1.165, 1.54) is 22.9 Å². The van der Waals surface area contributed by atoms with Gasteiger partial charge in [0.15, 0.2) is 5.16 Å². The van der Waals surface area contributed by atoms with Crippen LogP contribution in [0.15, 0.2) is 35.7 Å². The van der Waals surface area contributed by atoms with Crippen molar-refractivity contribution in [3.63, 3.8) is 0 Å². The van der Waals surface area contributed by atoms with E-state index in [1.807, 2.05) is 17.7 Å². The lowest BCUT2D eigenvalue weighted by molar-refractivity contribution is -0.120. The molecule has 1 amide bonds. The van der Waals surface area contributed by atoms with Crippen molar-refractivity contribution in [2.45, 2.75) is 50.1 Å². The van der Waals surface area contributed by atoms with E-state index in [0.29, 0.717) is 6.54 Å². The molecule has 0 unspecified atom stereocenters. The van der Waals surface area contributed by atoms with E-state index < -0.39 is 0 Å². The summed E-state index contributed by atoms with van der Waals surface area (Å²) in [6.45, 7) is 7.48. The van der Waals surface area contributed by atoms with E-state index in [9.17, 15) is 4.79 Å². The number of rotatable bonds is 6. The van der Waals surface area contributed by atoms with E-state index >= 15 is 0 Å². The highest BCUT2D eigenvalue weighted by Crippen LogP contribution is 2.25. The zero-order valence-corrected chi connectivity index (χ0v) is 15.8. The first-order valence-electron chi connectivity index (χ1n) is 8.71. The number of benzene rings is 1. The molecule has 25 heavy (non-hydrogen) atoms. The van der Waals surface area contributed by atoms with Gasteiger partial charge in [-0.2, -0.15) is 0 Å². The molecule has 1 aliphatic heterocycles. The molecule has 1 aromatic heterocycles. The van der Waals surface area contributed by atoms with Gasteiger partial charge in [0.05, 0.1) is 11.4 Å². The van der Waals surface area contributed by atoms with Crippen molar-refractivity contribution in [1.82, 2.24) is 14.9 Å². The molecule has 2 aromatic rings. The number of amides is 1. The monoisotopic (exact) mass is 359 g/mol. The highest BCUT2D eigenvalue weighted by Gasteiger charge is 2.21. The van der Waals surface area contributed by atoms with Crippen LogP contribution in [0.4, 0.5) is 0 Å². The lowest BCUT2D eigenvalue weighted by atomic mass is 10.1. The standard InChI is InChI=1S/C19H25N3O2S/c1-13-9-14(2)11-16(10-13)22-7-6-20-19(22)25-15(3)18(23)21-12-17-5-4-8-24-17/h6-7,9-11,15,17H,4-5,8,12H2,1-3H3,(H,21,23)/t15-,17-/m0/s1. The van der Waals surface area contributed by atoms with Gasteiger partial charge >= 0.3 is 0 Å². The quantitative estimate of drug-likeness (QED) is 0.805. The molecular weight excluding hydrogens is 334 g/mol. The number of aryl methyl sites for hydroxylation is 2. The first kappa shape index (κ1) is 18.0. The van der Waals surface area contributed by atoms with Gasteiger partial charge in [0.2, 0.25) is 5.91 Å². The van der Waals surface area contributed by atoms with Gasteiger partial charge in [0.1, 0.15) is 0 Å². The van der Waals surface area contributed by atoms with Crippen molar-refractivity contribution in [2.75, 3.05) is 13.2 Å². The van der Waals surface area contributed by atoms with E-state index in [0.717, 1.165) is 30.3 Å². The number of carbonyl (C=O) groups is 1. The number of thioether (sulfide) groups is 1. The summed E-state index contributed by atoms with van der Waals surface area (Å²) >= 11 is 1.47. The molecule has 0 saturated carbocycles. The predicted molar refractivity (Wildman–Crippen MR) is 100 cm³/mol. The average molecular weight is 359 g/mol. The maximum atomic E-state index is 12.4. The Hall–Kier alpha value is -1.79. The summed E-state index contributed by atoms with van der Waals surface area (Å²) in [5.74, 6) is 0.0236. The zero-order valence-electron chi connectivity index (χ0n) is 15.0. The second kappa shape index (κ2) is 8.06. The van der Waals surface area contributed by atoms with Crippen LogP contribution < -0.4 is 5.32 Å². The predicted octanol–water partition coefficient (Wildman–Crippen LogP) is 3.26. The van der Waals surface area contributed by atoms with Crippen LogP contribution in [0.1, 0.15) is 30.9 Å². The smallest absolute Gasteiger partial charge is 0.233 e. The number of ether oxygens (including phenoxy) is 1. The van der Waals surface area contributed by atoms with Crippen molar-refractivity contribution in [1.29, 1.82) is 0 Å². The molecule has 134 valence electrons. The molecule has 0 aliphatic carbocycles. The van der Waals surface area contributed by atoms with Crippen LogP contribution >= 0.6 is 11.8 Å². The molecule has 2 atom stereocenters. The first-order chi connectivity index (χ1) is 12.0. The zero-order chi connectivity index (χ0) is 17.8. The summed E-state index contributed by atoms with van der Waals surface area (Å²) in [5, 5.41) is 3.60. The van der Waals surface area contributed by atoms with E-state index in [4.69, 9.17) is 4.74 Å². The molecule has 1 N–H and O–H groups in total.